The number of nitrogens with one attached hydrogen (secondary N) is 2. The highest BCUT2D eigenvalue weighted by Gasteiger charge is 2.33. The fourth-order valence-corrected chi connectivity index (χ4v) is 1.41. The molecule has 0 aromatic rings. The van der Waals surface area contributed by atoms with Gasteiger partial charge in [-0.3, -0.25) is 10.2 Å². The Labute approximate surface area is 83.0 Å². The van der Waals surface area contributed by atoms with Crippen LogP contribution in [0.3, 0.4) is 0 Å². The van der Waals surface area contributed by atoms with E-state index in [0.717, 1.165) is 5.57 Å². The Hall–Kier alpha value is -1.49. The van der Waals surface area contributed by atoms with Crippen LogP contribution in [0.2, 0.25) is 0 Å². The number of dihydropyridines is 1. The zero-order chi connectivity index (χ0) is 10.8. The highest BCUT2D eigenvalue weighted by Crippen LogP contribution is 2.18. The van der Waals surface area contributed by atoms with E-state index in [1.54, 1.807) is 13.0 Å². The van der Waals surface area contributed by atoms with Gasteiger partial charge in [0.05, 0.1) is 7.11 Å². The maximum atomic E-state index is 11.5. The van der Waals surface area contributed by atoms with Crippen LogP contribution in [-0.2, 0) is 9.53 Å². The average Bonchev–Trinajstić information content (AvgIpc) is 2.15. The van der Waals surface area contributed by atoms with Crippen molar-refractivity contribution in [3.8, 4) is 0 Å². The molecule has 1 amide bonds. The van der Waals surface area contributed by atoms with Crippen LogP contribution in [0, 0.1) is 0 Å². The number of methoxy groups -OCH3 is 1. The van der Waals surface area contributed by atoms with Crippen molar-refractivity contribution >= 4 is 5.91 Å². The Bertz CT molecular complexity index is 309. The van der Waals surface area contributed by atoms with Gasteiger partial charge in [-0.25, -0.2) is 5.84 Å². The van der Waals surface area contributed by atoms with Gasteiger partial charge in [0, 0.05) is 6.08 Å². The Morgan fingerprint density at radius 2 is 2.36 bits per heavy atom. The smallest absolute Gasteiger partial charge is 0.263 e. The van der Waals surface area contributed by atoms with Crippen molar-refractivity contribution in [3.63, 3.8) is 0 Å². The molecule has 0 aromatic heterocycles. The van der Waals surface area contributed by atoms with Crippen molar-refractivity contribution in [1.29, 1.82) is 0 Å². The molecule has 0 radical (unpaired) electrons. The number of carbonyl (C=O) groups is 1. The van der Waals surface area contributed by atoms with Crippen LogP contribution in [-0.4, -0.2) is 18.6 Å². The van der Waals surface area contributed by atoms with E-state index in [0.29, 0.717) is 5.88 Å². The molecule has 1 aliphatic rings. The van der Waals surface area contributed by atoms with Crippen molar-refractivity contribution in [2.24, 2.45) is 5.84 Å². The molecule has 0 bridgehead atoms. The van der Waals surface area contributed by atoms with Crippen LogP contribution < -0.4 is 16.6 Å². The van der Waals surface area contributed by atoms with Gasteiger partial charge >= 0.3 is 0 Å². The number of carbonyl (C=O) groups excluding carboxylic acids is 1. The first-order chi connectivity index (χ1) is 6.51. The fourth-order valence-electron chi connectivity index (χ4n) is 1.41. The molecule has 0 saturated heterocycles. The normalized spacial score (nSPS) is 25.7. The van der Waals surface area contributed by atoms with Crippen LogP contribution in [0.5, 0.6) is 0 Å². The summed E-state index contributed by atoms with van der Waals surface area (Å²) in [5, 5.41) is 2.93. The summed E-state index contributed by atoms with van der Waals surface area (Å²) >= 11 is 0. The second-order valence-electron chi connectivity index (χ2n) is 3.40. The third-order valence-electron chi connectivity index (χ3n) is 2.08. The number of hydrogen-bond acceptors (Lipinski definition) is 4. The van der Waals surface area contributed by atoms with E-state index >= 15 is 0 Å². The summed E-state index contributed by atoms with van der Waals surface area (Å²) < 4.78 is 5.04. The molecule has 4 N–H and O–H groups in total. The summed E-state index contributed by atoms with van der Waals surface area (Å²) in [5.74, 6) is 5.34. The SMILES string of the molecule is COC1=CC(C)=CC(C)(C(=O)NN)N1. The number of allylic oxidation sites excluding steroid dienone is 2. The van der Waals surface area contributed by atoms with Gasteiger partial charge in [-0.05, 0) is 25.5 Å². The van der Waals surface area contributed by atoms with E-state index in [2.05, 4.69) is 10.7 Å². The molecule has 78 valence electrons. The van der Waals surface area contributed by atoms with E-state index in [-0.39, 0.29) is 5.91 Å². The van der Waals surface area contributed by atoms with E-state index < -0.39 is 5.54 Å². The molecule has 0 saturated carbocycles. The number of amides is 1. The molecule has 1 unspecified atom stereocenters. The number of rotatable bonds is 2. The molecular weight excluding hydrogens is 182 g/mol. The molecule has 14 heavy (non-hydrogen) atoms. The zero-order valence-corrected chi connectivity index (χ0v) is 8.55. The molecule has 5 nitrogen and oxygen atoms in total. The van der Waals surface area contributed by atoms with Crippen LogP contribution in [0.25, 0.3) is 0 Å². The third-order valence-corrected chi connectivity index (χ3v) is 2.08. The van der Waals surface area contributed by atoms with Crippen molar-refractivity contribution in [3.05, 3.63) is 23.6 Å². The first kappa shape index (κ1) is 10.6. The second kappa shape index (κ2) is 3.71. The summed E-state index contributed by atoms with van der Waals surface area (Å²) in [4.78, 5) is 11.5. The lowest BCUT2D eigenvalue weighted by atomic mass is 9.95. The van der Waals surface area contributed by atoms with Gasteiger partial charge < -0.3 is 10.1 Å². The van der Waals surface area contributed by atoms with Gasteiger partial charge in [-0.1, -0.05) is 0 Å². The van der Waals surface area contributed by atoms with Crippen LogP contribution in [0.15, 0.2) is 23.6 Å². The highest BCUT2D eigenvalue weighted by atomic mass is 16.5. The summed E-state index contributed by atoms with van der Waals surface area (Å²) in [6.45, 7) is 3.62. The quantitative estimate of drug-likeness (QED) is 0.325. The lowest BCUT2D eigenvalue weighted by Gasteiger charge is -2.30. The van der Waals surface area contributed by atoms with E-state index in [1.807, 2.05) is 13.0 Å². The van der Waals surface area contributed by atoms with Gasteiger partial charge in [-0.15, -0.1) is 0 Å². The largest absolute Gasteiger partial charge is 0.482 e. The summed E-state index contributed by atoms with van der Waals surface area (Å²) in [6.07, 6.45) is 3.60. The number of nitrogens with two attached hydrogens (primary N) is 1. The lowest BCUT2D eigenvalue weighted by Crippen LogP contribution is -2.56. The molecular formula is C9H15N3O2. The molecule has 0 spiro atoms. The van der Waals surface area contributed by atoms with Crippen LogP contribution >= 0.6 is 0 Å². The molecule has 0 fully saturated rings. The highest BCUT2D eigenvalue weighted by molar-refractivity contribution is 5.88. The topological polar surface area (TPSA) is 76.4 Å². The minimum absolute atomic E-state index is 0.306. The van der Waals surface area contributed by atoms with E-state index in [1.165, 1.54) is 7.11 Å². The fraction of sp³-hybridized carbons (Fsp3) is 0.444. The lowest BCUT2D eigenvalue weighted by molar-refractivity contribution is -0.125. The van der Waals surface area contributed by atoms with Crippen molar-refractivity contribution < 1.29 is 9.53 Å². The first-order valence-corrected chi connectivity index (χ1v) is 4.26. The van der Waals surface area contributed by atoms with Crippen LogP contribution in [0.1, 0.15) is 13.8 Å². The Kier molecular flexibility index (Phi) is 2.81. The minimum atomic E-state index is -0.848. The van der Waals surface area contributed by atoms with Crippen LogP contribution in [0.4, 0.5) is 0 Å². The third kappa shape index (κ3) is 1.88. The molecule has 1 rings (SSSR count). The number of ether oxygens (including phenoxy) is 1. The summed E-state index contributed by atoms with van der Waals surface area (Å²) in [5.41, 5.74) is 2.21. The minimum Gasteiger partial charge on any atom is -0.482 e. The average molecular weight is 197 g/mol. The molecule has 5 heteroatoms. The monoisotopic (exact) mass is 197 g/mol. The molecule has 1 heterocycles. The standard InChI is InChI=1S/C9H15N3O2/c1-6-4-7(14-3)11-9(2,5-6)8(13)12-10/h4-5,11H,10H2,1-3H3,(H,12,13). The van der Waals surface area contributed by atoms with Crippen molar-refractivity contribution in [2.75, 3.05) is 7.11 Å². The predicted octanol–water partition coefficient (Wildman–Crippen LogP) is -0.228. The maximum Gasteiger partial charge on any atom is 0.263 e. The first-order valence-electron chi connectivity index (χ1n) is 4.26. The zero-order valence-electron chi connectivity index (χ0n) is 8.55. The van der Waals surface area contributed by atoms with Gasteiger partial charge in [0.15, 0.2) is 5.88 Å². The second-order valence-corrected chi connectivity index (χ2v) is 3.40. The molecule has 0 aliphatic carbocycles. The number of hydrogen-bond donors (Lipinski definition) is 3. The van der Waals surface area contributed by atoms with E-state index in [9.17, 15) is 4.79 Å². The van der Waals surface area contributed by atoms with Gasteiger partial charge in [0.1, 0.15) is 5.54 Å². The Morgan fingerprint density at radius 1 is 1.71 bits per heavy atom. The molecule has 1 atom stereocenters. The summed E-state index contributed by atoms with van der Waals surface area (Å²) in [6, 6.07) is 0. The van der Waals surface area contributed by atoms with Crippen molar-refractivity contribution in [1.82, 2.24) is 10.7 Å². The predicted molar refractivity (Wildman–Crippen MR) is 52.7 cm³/mol. The van der Waals surface area contributed by atoms with Gasteiger partial charge in [0.25, 0.3) is 5.91 Å². The Morgan fingerprint density at radius 3 is 2.86 bits per heavy atom. The summed E-state index contributed by atoms with van der Waals surface area (Å²) in [7, 11) is 1.54. The molecule has 0 aromatic carbocycles. The number of hydrazine groups is 1. The van der Waals surface area contributed by atoms with Gasteiger partial charge in [-0.2, -0.15) is 0 Å². The van der Waals surface area contributed by atoms with Crippen molar-refractivity contribution in [2.45, 2.75) is 19.4 Å². The maximum absolute atomic E-state index is 11.5. The Balaban J connectivity index is 2.95. The molecule has 1 aliphatic heterocycles. The van der Waals surface area contributed by atoms with Gasteiger partial charge in [0.2, 0.25) is 0 Å². The van der Waals surface area contributed by atoms with E-state index in [4.69, 9.17) is 10.6 Å².